The molecule has 0 saturated carbocycles. The number of alkyl halides is 3. The van der Waals surface area contributed by atoms with Gasteiger partial charge in [0.25, 0.3) is 0 Å². The summed E-state index contributed by atoms with van der Waals surface area (Å²) in [6, 6.07) is 1.91. The first-order chi connectivity index (χ1) is 15.1. The highest BCUT2D eigenvalue weighted by atomic mass is 35.5. The molecule has 0 amide bonds. The summed E-state index contributed by atoms with van der Waals surface area (Å²) in [5.41, 5.74) is -0.350. The van der Waals surface area contributed by atoms with E-state index < -0.39 is 46.6 Å². The van der Waals surface area contributed by atoms with Crippen molar-refractivity contribution in [2.24, 2.45) is 0 Å². The molecule has 0 saturated heterocycles. The Morgan fingerprint density at radius 1 is 1.22 bits per heavy atom. The van der Waals surface area contributed by atoms with E-state index in [0.717, 1.165) is 23.5 Å². The van der Waals surface area contributed by atoms with Crippen molar-refractivity contribution < 1.29 is 36.2 Å². The Labute approximate surface area is 191 Å². The molecule has 0 aliphatic rings. The van der Waals surface area contributed by atoms with Crippen LogP contribution in [-0.4, -0.2) is 21.9 Å². The predicted molar refractivity (Wildman–Crippen MR) is 109 cm³/mol. The number of carbonyl (C=O) groups excluding carboxylic acids is 1. The Hall–Kier alpha value is -2.31. The van der Waals surface area contributed by atoms with Crippen LogP contribution < -0.4 is 4.74 Å². The van der Waals surface area contributed by atoms with Crippen LogP contribution in [0.2, 0.25) is 4.34 Å². The number of aromatic nitrogens is 2. The summed E-state index contributed by atoms with van der Waals surface area (Å²) in [5, 5.41) is 0.121. The average Bonchev–Trinajstić information content (AvgIpc) is 3.31. The van der Waals surface area contributed by atoms with Gasteiger partial charge in [0.15, 0.2) is 17.4 Å². The molecule has 5 nitrogen and oxygen atoms in total. The largest absolute Gasteiger partial charge is 0.483 e. The molecular weight excluding hydrogens is 499 g/mol. The maximum Gasteiger partial charge on any atom is 0.427 e. The van der Waals surface area contributed by atoms with Crippen molar-refractivity contribution in [1.29, 1.82) is 0 Å². The zero-order valence-corrected chi connectivity index (χ0v) is 18.7. The van der Waals surface area contributed by atoms with Gasteiger partial charge in [-0.2, -0.15) is 17.5 Å². The quantitative estimate of drug-likeness (QED) is 0.262. The van der Waals surface area contributed by atoms with Gasteiger partial charge < -0.3 is 9.47 Å². The summed E-state index contributed by atoms with van der Waals surface area (Å²) in [4.78, 5) is 14.3. The van der Waals surface area contributed by atoms with Gasteiger partial charge in [-0.15, -0.1) is 11.3 Å². The van der Waals surface area contributed by atoms with Gasteiger partial charge in [-0.3, -0.25) is 4.79 Å². The lowest BCUT2D eigenvalue weighted by molar-refractivity contribution is -0.143. The highest BCUT2D eigenvalue weighted by molar-refractivity contribution is 7.19. The van der Waals surface area contributed by atoms with Crippen LogP contribution in [0.4, 0.5) is 22.0 Å². The highest BCUT2D eigenvalue weighted by Crippen LogP contribution is 2.41. The van der Waals surface area contributed by atoms with Crippen molar-refractivity contribution in [3.8, 4) is 16.5 Å². The SMILES string of the molecule is CCOC(=O)CCc1cc(F)c(OCc2c(-c3ncc(Cl)s3)nsc2C(F)(F)F)c(F)c1. The predicted octanol–water partition coefficient (Wildman–Crippen LogP) is 6.29. The smallest absolute Gasteiger partial charge is 0.427 e. The summed E-state index contributed by atoms with van der Waals surface area (Å²) < 4.78 is 83.0. The molecule has 0 atom stereocenters. The topological polar surface area (TPSA) is 61.3 Å². The molecule has 3 aromatic rings. The summed E-state index contributed by atoms with van der Waals surface area (Å²) in [7, 11) is 0. The lowest BCUT2D eigenvalue weighted by Gasteiger charge is -2.12. The summed E-state index contributed by atoms with van der Waals surface area (Å²) in [6.07, 6.45) is -3.55. The van der Waals surface area contributed by atoms with Crippen LogP contribution in [0, 0.1) is 11.6 Å². The Balaban J connectivity index is 1.83. The van der Waals surface area contributed by atoms with Gasteiger partial charge in [-0.25, -0.2) is 13.8 Å². The Morgan fingerprint density at radius 2 is 1.91 bits per heavy atom. The number of thiazole rings is 1. The molecule has 0 aliphatic heterocycles. The summed E-state index contributed by atoms with van der Waals surface area (Å²) >= 11 is 6.89. The number of esters is 1. The van der Waals surface area contributed by atoms with E-state index in [-0.39, 0.29) is 51.6 Å². The number of nitrogens with zero attached hydrogens (tertiary/aromatic N) is 2. The van der Waals surface area contributed by atoms with Crippen LogP contribution in [0.25, 0.3) is 10.7 Å². The Kier molecular flexibility index (Phi) is 7.67. The van der Waals surface area contributed by atoms with Crippen molar-refractivity contribution in [3.05, 3.63) is 50.3 Å². The molecule has 13 heteroatoms. The van der Waals surface area contributed by atoms with Crippen molar-refractivity contribution in [3.63, 3.8) is 0 Å². The van der Waals surface area contributed by atoms with Crippen LogP contribution >= 0.6 is 34.5 Å². The molecule has 0 fully saturated rings. The van der Waals surface area contributed by atoms with E-state index in [1.165, 1.54) is 6.20 Å². The second-order valence-electron chi connectivity index (χ2n) is 6.29. The van der Waals surface area contributed by atoms with Gasteiger partial charge in [-0.05, 0) is 42.6 Å². The van der Waals surface area contributed by atoms with E-state index >= 15 is 0 Å². The zero-order chi connectivity index (χ0) is 23.5. The fourth-order valence-corrected chi connectivity index (χ4v) is 4.45. The maximum atomic E-state index is 14.4. The van der Waals surface area contributed by atoms with E-state index in [2.05, 4.69) is 9.36 Å². The fraction of sp³-hybridized carbons (Fsp3) is 0.316. The molecule has 0 bridgehead atoms. The van der Waals surface area contributed by atoms with Crippen molar-refractivity contribution >= 4 is 40.4 Å². The normalized spacial score (nSPS) is 11.6. The van der Waals surface area contributed by atoms with E-state index in [4.69, 9.17) is 21.1 Å². The van der Waals surface area contributed by atoms with Crippen LogP contribution in [0.15, 0.2) is 18.3 Å². The standard InChI is InChI=1S/C19H14ClF5N2O3S2/c1-2-29-14(28)4-3-9-5-11(21)16(12(22)6-9)30-8-10-15(18-26-7-13(20)31-18)27-32-17(10)19(23,24)25/h5-7H,2-4,8H2,1H3. The van der Waals surface area contributed by atoms with Crippen LogP contribution in [0.3, 0.4) is 0 Å². The summed E-state index contributed by atoms with van der Waals surface area (Å²) in [5.74, 6) is -3.58. The molecule has 0 aliphatic carbocycles. The second kappa shape index (κ2) is 10.1. The van der Waals surface area contributed by atoms with Gasteiger partial charge in [0.1, 0.15) is 26.5 Å². The lowest BCUT2D eigenvalue weighted by Crippen LogP contribution is -2.10. The number of hydrogen-bond donors (Lipinski definition) is 0. The third-order valence-electron chi connectivity index (χ3n) is 4.07. The van der Waals surface area contributed by atoms with Gasteiger partial charge >= 0.3 is 12.1 Å². The molecule has 0 spiro atoms. The van der Waals surface area contributed by atoms with Gasteiger partial charge in [0, 0.05) is 12.0 Å². The van der Waals surface area contributed by atoms with Crippen molar-refractivity contribution in [2.45, 2.75) is 32.5 Å². The first-order valence-corrected chi connectivity index (χ1v) is 11.0. The van der Waals surface area contributed by atoms with Crippen LogP contribution in [0.1, 0.15) is 29.3 Å². The third kappa shape index (κ3) is 5.73. The van der Waals surface area contributed by atoms with Gasteiger partial charge in [-0.1, -0.05) is 11.6 Å². The van der Waals surface area contributed by atoms with Crippen molar-refractivity contribution in [1.82, 2.24) is 9.36 Å². The minimum absolute atomic E-state index is 0.0224. The molecular formula is C19H14ClF5N2O3S2. The van der Waals surface area contributed by atoms with Gasteiger partial charge in [0.2, 0.25) is 0 Å². The van der Waals surface area contributed by atoms with E-state index in [9.17, 15) is 26.7 Å². The molecule has 0 radical (unpaired) electrons. The number of halogens is 6. The number of hydrogen-bond acceptors (Lipinski definition) is 7. The zero-order valence-electron chi connectivity index (χ0n) is 16.3. The minimum atomic E-state index is -4.75. The Morgan fingerprint density at radius 3 is 2.47 bits per heavy atom. The van der Waals surface area contributed by atoms with Crippen LogP contribution in [0.5, 0.6) is 5.75 Å². The molecule has 32 heavy (non-hydrogen) atoms. The Bertz CT molecular complexity index is 1090. The monoisotopic (exact) mass is 512 g/mol. The molecule has 0 unspecified atom stereocenters. The number of rotatable bonds is 8. The first kappa shape index (κ1) is 24.3. The van der Waals surface area contributed by atoms with Crippen molar-refractivity contribution in [2.75, 3.05) is 6.61 Å². The number of aryl methyl sites for hydroxylation is 1. The van der Waals surface area contributed by atoms with E-state index in [1.807, 2.05) is 0 Å². The molecule has 2 aromatic heterocycles. The number of carbonyl (C=O) groups is 1. The fourth-order valence-electron chi connectivity index (χ4n) is 2.72. The van der Waals surface area contributed by atoms with Crippen LogP contribution in [-0.2, 0) is 28.7 Å². The number of benzene rings is 1. The summed E-state index contributed by atoms with van der Waals surface area (Å²) in [6.45, 7) is 1.01. The lowest BCUT2D eigenvalue weighted by atomic mass is 10.1. The molecule has 2 heterocycles. The molecule has 172 valence electrons. The third-order valence-corrected chi connectivity index (χ3v) is 6.12. The van der Waals surface area contributed by atoms with E-state index in [1.54, 1.807) is 6.92 Å². The molecule has 1 aromatic carbocycles. The molecule has 3 rings (SSSR count). The minimum Gasteiger partial charge on any atom is -0.483 e. The maximum absolute atomic E-state index is 14.4. The number of ether oxygens (including phenoxy) is 2. The second-order valence-corrected chi connectivity index (χ2v) is 8.72. The molecule has 0 N–H and O–H groups in total. The first-order valence-electron chi connectivity index (χ1n) is 9.04. The van der Waals surface area contributed by atoms with E-state index in [0.29, 0.717) is 0 Å². The van der Waals surface area contributed by atoms with Gasteiger partial charge in [0.05, 0.1) is 12.8 Å². The average molecular weight is 513 g/mol. The highest BCUT2D eigenvalue weighted by Gasteiger charge is 2.38.